The fraction of sp³-hybridized carbons (Fsp3) is 0. The van der Waals surface area contributed by atoms with E-state index in [9.17, 15) is 18.0 Å². The van der Waals surface area contributed by atoms with Crippen LogP contribution in [0.25, 0.3) is 0 Å². The maximum Gasteiger partial charge on any atom is 0.339 e. The Hall–Kier alpha value is -2.09. The highest BCUT2D eigenvalue weighted by atomic mass is 79.9. The second-order valence-corrected chi connectivity index (χ2v) is 4.64. The number of carboxylic acid groups (broad SMARTS) is 1. The van der Waals surface area contributed by atoms with Crippen molar-refractivity contribution in [1.82, 2.24) is 4.98 Å². The lowest BCUT2D eigenvalue weighted by Crippen LogP contribution is -2.06. The van der Waals surface area contributed by atoms with Gasteiger partial charge in [-0.1, -0.05) is 0 Å². The Balaban J connectivity index is 2.45. The smallest absolute Gasteiger partial charge is 0.339 e. The number of halogens is 4. The van der Waals surface area contributed by atoms with Crippen LogP contribution in [0.2, 0.25) is 0 Å². The molecule has 0 bridgehead atoms. The van der Waals surface area contributed by atoms with Gasteiger partial charge in [-0.2, -0.15) is 0 Å². The first-order chi connectivity index (χ1) is 9.38. The third-order valence-corrected chi connectivity index (χ3v) is 2.78. The second-order valence-electron chi connectivity index (χ2n) is 3.73. The number of hydrogen-bond donors (Lipinski definition) is 2. The highest BCUT2D eigenvalue weighted by Crippen LogP contribution is 2.25. The molecule has 2 rings (SSSR count). The third kappa shape index (κ3) is 2.90. The first kappa shape index (κ1) is 14.3. The molecule has 1 aromatic carbocycles. The van der Waals surface area contributed by atoms with E-state index in [4.69, 9.17) is 5.11 Å². The maximum atomic E-state index is 13.5. The number of pyridine rings is 1. The number of hydrogen-bond acceptors (Lipinski definition) is 3. The summed E-state index contributed by atoms with van der Waals surface area (Å²) >= 11 is 3.05. The molecule has 2 aromatic rings. The van der Waals surface area contributed by atoms with Crippen LogP contribution in [0, 0.1) is 17.5 Å². The van der Waals surface area contributed by atoms with E-state index in [1.807, 2.05) is 0 Å². The fourth-order valence-corrected chi connectivity index (χ4v) is 1.78. The number of anilines is 2. The molecule has 0 aliphatic rings. The molecule has 0 radical (unpaired) electrons. The van der Waals surface area contributed by atoms with Crippen molar-refractivity contribution in [3.05, 3.63) is 51.9 Å². The number of nitrogens with one attached hydrogen (secondary N) is 1. The second kappa shape index (κ2) is 5.49. The molecule has 1 aromatic heterocycles. The van der Waals surface area contributed by atoms with Crippen molar-refractivity contribution in [2.45, 2.75) is 0 Å². The highest BCUT2D eigenvalue weighted by molar-refractivity contribution is 9.10. The minimum atomic E-state index is -1.34. The quantitative estimate of drug-likeness (QED) is 0.831. The molecule has 1 heterocycles. The number of rotatable bonds is 3. The average Bonchev–Trinajstić information content (AvgIpc) is 2.37. The number of carboxylic acids is 1. The van der Waals surface area contributed by atoms with Crippen LogP contribution in [0.1, 0.15) is 10.4 Å². The molecule has 20 heavy (non-hydrogen) atoms. The van der Waals surface area contributed by atoms with Crippen molar-refractivity contribution in [2.75, 3.05) is 5.32 Å². The van der Waals surface area contributed by atoms with Gasteiger partial charge in [0.1, 0.15) is 17.2 Å². The van der Waals surface area contributed by atoms with Gasteiger partial charge in [-0.15, -0.1) is 0 Å². The van der Waals surface area contributed by atoms with E-state index in [1.54, 1.807) is 0 Å². The molecule has 0 aliphatic carbocycles. The molecular formula is C12H6BrF3N2O2. The minimum Gasteiger partial charge on any atom is -0.478 e. The van der Waals surface area contributed by atoms with Crippen molar-refractivity contribution in [1.29, 1.82) is 0 Å². The summed E-state index contributed by atoms with van der Waals surface area (Å²) in [6.07, 6.45) is 1.28. The fourth-order valence-electron chi connectivity index (χ4n) is 1.45. The molecule has 4 nitrogen and oxygen atoms in total. The first-order valence-corrected chi connectivity index (χ1v) is 5.98. The summed E-state index contributed by atoms with van der Waals surface area (Å²) in [6, 6.07) is 2.19. The van der Waals surface area contributed by atoms with Gasteiger partial charge in [0, 0.05) is 22.8 Å². The van der Waals surface area contributed by atoms with Gasteiger partial charge in [0.15, 0.2) is 11.6 Å². The van der Waals surface area contributed by atoms with Crippen LogP contribution in [0.15, 0.2) is 28.9 Å². The van der Waals surface area contributed by atoms with Crippen LogP contribution in [0.4, 0.5) is 24.7 Å². The molecule has 0 unspecified atom stereocenters. The zero-order valence-corrected chi connectivity index (χ0v) is 11.2. The molecule has 0 fully saturated rings. The largest absolute Gasteiger partial charge is 0.478 e. The van der Waals surface area contributed by atoms with Crippen molar-refractivity contribution < 1.29 is 23.1 Å². The van der Waals surface area contributed by atoms with Crippen molar-refractivity contribution in [2.24, 2.45) is 0 Å². The minimum absolute atomic E-state index is 0.189. The summed E-state index contributed by atoms with van der Waals surface area (Å²) in [7, 11) is 0. The predicted molar refractivity (Wildman–Crippen MR) is 68.5 cm³/mol. The SMILES string of the molecule is O=C(O)c1cc(Br)cnc1Nc1cc(F)c(F)cc1F. The molecule has 2 N–H and O–H groups in total. The van der Waals surface area contributed by atoms with Crippen molar-refractivity contribution in [3.8, 4) is 0 Å². The summed E-state index contributed by atoms with van der Waals surface area (Å²) in [5.74, 6) is -5.15. The van der Waals surface area contributed by atoms with E-state index in [2.05, 4.69) is 26.2 Å². The van der Waals surface area contributed by atoms with Crippen LogP contribution in [-0.4, -0.2) is 16.1 Å². The van der Waals surface area contributed by atoms with Crippen LogP contribution in [-0.2, 0) is 0 Å². The topological polar surface area (TPSA) is 62.2 Å². The number of aromatic nitrogens is 1. The average molecular weight is 347 g/mol. The molecule has 0 amide bonds. The van der Waals surface area contributed by atoms with Gasteiger partial charge < -0.3 is 10.4 Å². The van der Waals surface area contributed by atoms with Crippen molar-refractivity contribution in [3.63, 3.8) is 0 Å². The highest BCUT2D eigenvalue weighted by Gasteiger charge is 2.15. The van der Waals surface area contributed by atoms with E-state index in [0.29, 0.717) is 16.6 Å². The lowest BCUT2D eigenvalue weighted by Gasteiger charge is -2.10. The summed E-state index contributed by atoms with van der Waals surface area (Å²) in [6.45, 7) is 0. The summed E-state index contributed by atoms with van der Waals surface area (Å²) < 4.78 is 39.7. The molecule has 104 valence electrons. The summed E-state index contributed by atoms with van der Waals surface area (Å²) in [4.78, 5) is 14.8. The number of carbonyl (C=O) groups is 1. The number of aromatic carboxylic acids is 1. The van der Waals surface area contributed by atoms with Crippen molar-refractivity contribution >= 4 is 33.4 Å². The third-order valence-electron chi connectivity index (χ3n) is 2.35. The van der Waals surface area contributed by atoms with Gasteiger partial charge in [0.05, 0.1) is 5.69 Å². The molecular weight excluding hydrogens is 341 g/mol. The molecule has 0 aliphatic heterocycles. The zero-order valence-electron chi connectivity index (χ0n) is 9.62. The van der Waals surface area contributed by atoms with Crippen LogP contribution < -0.4 is 5.32 Å². The Morgan fingerprint density at radius 1 is 1.15 bits per heavy atom. The molecule has 0 spiro atoms. The van der Waals surface area contributed by atoms with Gasteiger partial charge in [-0.25, -0.2) is 22.9 Å². The van der Waals surface area contributed by atoms with Crippen LogP contribution in [0.3, 0.4) is 0 Å². The molecule has 8 heteroatoms. The number of benzene rings is 1. The lowest BCUT2D eigenvalue weighted by molar-refractivity contribution is 0.0697. The van der Waals surface area contributed by atoms with Gasteiger partial charge >= 0.3 is 5.97 Å². The maximum absolute atomic E-state index is 13.5. The Labute approximate surface area is 119 Å². The Kier molecular flexibility index (Phi) is 3.93. The van der Waals surface area contributed by atoms with Crippen LogP contribution in [0.5, 0.6) is 0 Å². The standard InChI is InChI=1S/C12H6BrF3N2O2/c13-5-1-6(12(19)20)11(17-4-5)18-10-3-8(15)7(14)2-9(10)16/h1-4H,(H,17,18)(H,19,20). The molecule has 0 atom stereocenters. The Morgan fingerprint density at radius 2 is 1.80 bits per heavy atom. The van der Waals surface area contributed by atoms with E-state index < -0.39 is 29.1 Å². The first-order valence-electron chi connectivity index (χ1n) is 5.19. The predicted octanol–water partition coefficient (Wildman–Crippen LogP) is 3.70. The van der Waals surface area contributed by atoms with Crippen LogP contribution >= 0.6 is 15.9 Å². The zero-order chi connectivity index (χ0) is 14.9. The normalized spacial score (nSPS) is 10.4. The van der Waals surface area contributed by atoms with E-state index in [1.165, 1.54) is 12.3 Å². The number of nitrogens with zero attached hydrogens (tertiary/aromatic N) is 1. The van der Waals surface area contributed by atoms with Gasteiger partial charge in [0.2, 0.25) is 0 Å². The van der Waals surface area contributed by atoms with E-state index in [-0.39, 0.29) is 11.4 Å². The summed E-state index contributed by atoms with van der Waals surface area (Å²) in [5, 5.41) is 11.3. The Morgan fingerprint density at radius 3 is 2.45 bits per heavy atom. The van der Waals surface area contributed by atoms with E-state index >= 15 is 0 Å². The molecule has 0 saturated carbocycles. The molecule has 0 saturated heterocycles. The summed E-state index contributed by atoms with van der Waals surface area (Å²) in [5.41, 5.74) is -0.662. The monoisotopic (exact) mass is 346 g/mol. The van der Waals surface area contributed by atoms with Gasteiger partial charge in [0.25, 0.3) is 0 Å². The van der Waals surface area contributed by atoms with Gasteiger partial charge in [-0.3, -0.25) is 0 Å². The van der Waals surface area contributed by atoms with E-state index in [0.717, 1.165) is 0 Å². The Bertz CT molecular complexity index is 695. The lowest BCUT2D eigenvalue weighted by atomic mass is 10.2. The van der Waals surface area contributed by atoms with Gasteiger partial charge in [-0.05, 0) is 22.0 Å².